The summed E-state index contributed by atoms with van der Waals surface area (Å²) >= 11 is 0. The Morgan fingerprint density at radius 1 is 1.38 bits per heavy atom. The number of amides is 1. The average Bonchev–Trinajstić information content (AvgIpc) is 2.30. The summed E-state index contributed by atoms with van der Waals surface area (Å²) in [7, 11) is 0. The number of carbonyl (C=O) groups is 1. The molecule has 1 N–H and O–H groups in total. The summed E-state index contributed by atoms with van der Waals surface area (Å²) in [6.07, 6.45) is 8.02. The zero-order valence-corrected chi connectivity index (χ0v) is 10.4. The van der Waals surface area contributed by atoms with Gasteiger partial charge >= 0.3 is 0 Å². The third-order valence-electron chi connectivity index (χ3n) is 3.09. The van der Waals surface area contributed by atoms with Crippen LogP contribution in [0.3, 0.4) is 0 Å². The van der Waals surface area contributed by atoms with Crippen molar-refractivity contribution in [2.24, 2.45) is 0 Å². The van der Waals surface area contributed by atoms with Crippen LogP contribution in [0.25, 0.3) is 0 Å². The Labute approximate surface area is 98.1 Å². The normalized spacial score (nSPS) is 21.1. The molecule has 1 atom stereocenters. The molecule has 0 saturated carbocycles. The third-order valence-corrected chi connectivity index (χ3v) is 3.09. The summed E-state index contributed by atoms with van der Waals surface area (Å²) in [5, 5.41) is 10.4. The van der Waals surface area contributed by atoms with E-state index >= 15 is 0 Å². The van der Waals surface area contributed by atoms with E-state index in [1.807, 2.05) is 13.8 Å². The Kier molecular flexibility index (Phi) is 5.00. The molecule has 0 aromatic carbocycles. The lowest BCUT2D eigenvalue weighted by molar-refractivity contribution is -0.148. The first-order chi connectivity index (χ1) is 7.64. The molecule has 1 aliphatic heterocycles. The number of hydrogen-bond donors (Lipinski definition) is 1. The first-order valence-electron chi connectivity index (χ1n) is 6.29. The van der Waals surface area contributed by atoms with E-state index in [0.717, 1.165) is 32.4 Å². The highest BCUT2D eigenvalue weighted by Gasteiger charge is 2.35. The molecule has 0 bridgehead atoms. The molecule has 0 radical (unpaired) electrons. The molecule has 1 rings (SSSR count). The molecule has 0 aromatic rings. The zero-order valence-electron chi connectivity index (χ0n) is 10.4. The number of nitrogens with zero attached hydrogens (tertiary/aromatic N) is 1. The standard InChI is InChI=1S/C13H23NO2/c1-3-8-13(16,9-4-2)12(15)14-10-6-5-7-11-14/h3,8,16H,4-7,9-11H2,1-2H3/b8-3+. The largest absolute Gasteiger partial charge is 0.376 e. The van der Waals surface area contributed by atoms with E-state index in [4.69, 9.17) is 0 Å². The van der Waals surface area contributed by atoms with Gasteiger partial charge in [0.05, 0.1) is 0 Å². The monoisotopic (exact) mass is 225 g/mol. The van der Waals surface area contributed by atoms with Crippen molar-refractivity contribution < 1.29 is 9.90 Å². The van der Waals surface area contributed by atoms with Crippen molar-refractivity contribution in [3.05, 3.63) is 12.2 Å². The lowest BCUT2D eigenvalue weighted by Gasteiger charge is -2.33. The van der Waals surface area contributed by atoms with Gasteiger partial charge in [-0.3, -0.25) is 4.79 Å². The van der Waals surface area contributed by atoms with E-state index in [-0.39, 0.29) is 5.91 Å². The van der Waals surface area contributed by atoms with E-state index in [2.05, 4.69) is 0 Å². The van der Waals surface area contributed by atoms with Crippen molar-refractivity contribution in [2.45, 2.75) is 51.6 Å². The highest BCUT2D eigenvalue weighted by Crippen LogP contribution is 2.21. The molecule has 0 spiro atoms. The predicted octanol–water partition coefficient (Wildman–Crippen LogP) is 2.11. The molecule has 1 amide bonds. The third kappa shape index (κ3) is 3.08. The van der Waals surface area contributed by atoms with Crippen molar-refractivity contribution >= 4 is 5.91 Å². The minimum atomic E-state index is -1.28. The zero-order chi connectivity index (χ0) is 12.0. The molecule has 3 nitrogen and oxygen atoms in total. The maximum Gasteiger partial charge on any atom is 0.258 e. The maximum absolute atomic E-state index is 12.2. The van der Waals surface area contributed by atoms with Crippen LogP contribution in [0.5, 0.6) is 0 Å². The fourth-order valence-electron chi connectivity index (χ4n) is 2.29. The van der Waals surface area contributed by atoms with Crippen molar-refractivity contribution in [1.29, 1.82) is 0 Å². The second kappa shape index (κ2) is 6.04. The molecule has 1 heterocycles. The Morgan fingerprint density at radius 3 is 2.50 bits per heavy atom. The number of hydrogen-bond acceptors (Lipinski definition) is 2. The molecule has 92 valence electrons. The molecule has 1 saturated heterocycles. The number of rotatable bonds is 4. The van der Waals surface area contributed by atoms with E-state index in [0.29, 0.717) is 6.42 Å². The van der Waals surface area contributed by atoms with Crippen LogP contribution < -0.4 is 0 Å². The smallest absolute Gasteiger partial charge is 0.258 e. The Morgan fingerprint density at radius 2 is 2.00 bits per heavy atom. The van der Waals surface area contributed by atoms with Crippen LogP contribution in [0.4, 0.5) is 0 Å². The van der Waals surface area contributed by atoms with Gasteiger partial charge in [-0.1, -0.05) is 19.4 Å². The number of likely N-dealkylation sites (tertiary alicyclic amines) is 1. The Hall–Kier alpha value is -0.830. The number of allylic oxidation sites excluding steroid dienone is 1. The average molecular weight is 225 g/mol. The second-order valence-corrected chi connectivity index (χ2v) is 4.53. The SMILES string of the molecule is C/C=C/C(O)(CCC)C(=O)N1CCCCC1. The first kappa shape index (κ1) is 13.2. The van der Waals surface area contributed by atoms with Crippen molar-refractivity contribution in [2.75, 3.05) is 13.1 Å². The molecular weight excluding hydrogens is 202 g/mol. The topological polar surface area (TPSA) is 40.5 Å². The summed E-state index contributed by atoms with van der Waals surface area (Å²) in [4.78, 5) is 14.0. The van der Waals surface area contributed by atoms with E-state index in [1.165, 1.54) is 6.42 Å². The quantitative estimate of drug-likeness (QED) is 0.744. The Balaban J connectivity index is 2.72. The predicted molar refractivity (Wildman–Crippen MR) is 65.1 cm³/mol. The second-order valence-electron chi connectivity index (χ2n) is 4.53. The molecule has 1 fully saturated rings. The Bertz CT molecular complexity index is 257. The molecule has 3 heteroatoms. The van der Waals surface area contributed by atoms with Gasteiger partial charge in [-0.15, -0.1) is 0 Å². The number of aliphatic hydroxyl groups is 1. The molecular formula is C13H23NO2. The van der Waals surface area contributed by atoms with Crippen LogP contribution >= 0.6 is 0 Å². The lowest BCUT2D eigenvalue weighted by Crippen LogP contribution is -2.49. The number of piperidine rings is 1. The first-order valence-corrected chi connectivity index (χ1v) is 6.29. The molecule has 0 aromatic heterocycles. The van der Waals surface area contributed by atoms with Gasteiger partial charge in [0, 0.05) is 13.1 Å². The summed E-state index contributed by atoms with van der Waals surface area (Å²) < 4.78 is 0. The van der Waals surface area contributed by atoms with Crippen LogP contribution in [0.1, 0.15) is 46.0 Å². The minimum absolute atomic E-state index is 0.118. The van der Waals surface area contributed by atoms with Gasteiger partial charge in [-0.25, -0.2) is 0 Å². The van der Waals surface area contributed by atoms with Crippen molar-refractivity contribution in [3.63, 3.8) is 0 Å². The van der Waals surface area contributed by atoms with Gasteiger partial charge in [0.1, 0.15) is 0 Å². The van der Waals surface area contributed by atoms with Gasteiger partial charge in [-0.05, 0) is 38.7 Å². The fourth-order valence-corrected chi connectivity index (χ4v) is 2.29. The lowest BCUT2D eigenvalue weighted by atomic mass is 9.94. The minimum Gasteiger partial charge on any atom is -0.376 e. The summed E-state index contributed by atoms with van der Waals surface area (Å²) in [6, 6.07) is 0. The van der Waals surface area contributed by atoms with E-state index in [1.54, 1.807) is 17.1 Å². The maximum atomic E-state index is 12.2. The van der Waals surface area contributed by atoms with Crippen LogP contribution in [0.15, 0.2) is 12.2 Å². The van der Waals surface area contributed by atoms with E-state index < -0.39 is 5.60 Å². The number of carbonyl (C=O) groups excluding carboxylic acids is 1. The molecule has 0 aliphatic carbocycles. The van der Waals surface area contributed by atoms with Crippen LogP contribution in [0.2, 0.25) is 0 Å². The fraction of sp³-hybridized carbons (Fsp3) is 0.769. The van der Waals surface area contributed by atoms with Crippen LogP contribution in [0, 0.1) is 0 Å². The molecule has 1 aliphatic rings. The van der Waals surface area contributed by atoms with Crippen molar-refractivity contribution in [3.8, 4) is 0 Å². The summed E-state index contributed by atoms with van der Waals surface area (Å²) in [5.41, 5.74) is -1.28. The summed E-state index contributed by atoms with van der Waals surface area (Å²) in [6.45, 7) is 5.41. The van der Waals surface area contributed by atoms with Crippen LogP contribution in [-0.2, 0) is 4.79 Å². The van der Waals surface area contributed by atoms with Gasteiger partial charge in [0.2, 0.25) is 0 Å². The summed E-state index contributed by atoms with van der Waals surface area (Å²) in [5.74, 6) is -0.118. The highest BCUT2D eigenvalue weighted by atomic mass is 16.3. The van der Waals surface area contributed by atoms with Gasteiger partial charge in [-0.2, -0.15) is 0 Å². The van der Waals surface area contributed by atoms with E-state index in [9.17, 15) is 9.90 Å². The highest BCUT2D eigenvalue weighted by molar-refractivity contribution is 5.87. The van der Waals surface area contributed by atoms with Gasteiger partial charge in [0.15, 0.2) is 5.60 Å². The van der Waals surface area contributed by atoms with Crippen LogP contribution in [-0.4, -0.2) is 34.6 Å². The van der Waals surface area contributed by atoms with Gasteiger partial charge < -0.3 is 10.0 Å². The molecule has 1 unspecified atom stereocenters. The molecule has 16 heavy (non-hydrogen) atoms. The van der Waals surface area contributed by atoms with Crippen molar-refractivity contribution in [1.82, 2.24) is 4.90 Å². The van der Waals surface area contributed by atoms with Gasteiger partial charge in [0.25, 0.3) is 5.91 Å².